The Labute approximate surface area is 157 Å². The molecule has 0 bridgehead atoms. The topological polar surface area (TPSA) is 46.1 Å². The van der Waals surface area contributed by atoms with Crippen LogP contribution in [0, 0.1) is 0 Å². The summed E-state index contributed by atoms with van der Waals surface area (Å²) in [6.45, 7) is 0.589. The van der Waals surface area contributed by atoms with E-state index in [1.165, 1.54) is 5.56 Å². The van der Waals surface area contributed by atoms with E-state index in [9.17, 15) is 4.79 Å². The largest absolute Gasteiger partial charge is 0.333 e. The molecule has 1 saturated carbocycles. The SMILES string of the molecule is O=C(Cc1csc(Cc2ccccc2)n1)N(Cc1ccccn1)C1CC1. The molecule has 1 fully saturated rings. The van der Waals surface area contributed by atoms with Crippen molar-refractivity contribution in [3.8, 4) is 0 Å². The summed E-state index contributed by atoms with van der Waals surface area (Å²) in [5.74, 6) is 0.148. The third-order valence-corrected chi connectivity index (χ3v) is 5.39. The molecule has 0 unspecified atom stereocenters. The van der Waals surface area contributed by atoms with Gasteiger partial charge in [0.1, 0.15) is 0 Å². The Morgan fingerprint density at radius 3 is 2.62 bits per heavy atom. The van der Waals surface area contributed by atoms with E-state index < -0.39 is 0 Å². The normalized spacial score (nSPS) is 13.5. The van der Waals surface area contributed by atoms with Gasteiger partial charge in [-0.15, -0.1) is 11.3 Å². The number of nitrogens with zero attached hydrogens (tertiary/aromatic N) is 3. The molecule has 1 aliphatic carbocycles. The Morgan fingerprint density at radius 1 is 1.08 bits per heavy atom. The predicted octanol–water partition coefficient (Wildman–Crippen LogP) is 3.86. The highest BCUT2D eigenvalue weighted by atomic mass is 32.1. The molecule has 2 aromatic heterocycles. The Balaban J connectivity index is 1.40. The first-order chi connectivity index (χ1) is 12.8. The highest BCUT2D eigenvalue weighted by Crippen LogP contribution is 2.29. The molecule has 4 rings (SSSR count). The fraction of sp³-hybridized carbons (Fsp3) is 0.286. The van der Waals surface area contributed by atoms with E-state index in [1.54, 1.807) is 17.5 Å². The van der Waals surface area contributed by atoms with Gasteiger partial charge in [0.05, 0.1) is 29.4 Å². The number of thiazole rings is 1. The maximum atomic E-state index is 12.8. The Kier molecular flexibility index (Phi) is 5.07. The number of rotatable bonds is 7. The molecule has 0 N–H and O–H groups in total. The van der Waals surface area contributed by atoms with Crippen molar-refractivity contribution in [2.75, 3.05) is 0 Å². The molecule has 4 nitrogen and oxygen atoms in total. The zero-order valence-electron chi connectivity index (χ0n) is 14.5. The Bertz CT molecular complexity index is 859. The van der Waals surface area contributed by atoms with Crippen molar-refractivity contribution >= 4 is 17.2 Å². The fourth-order valence-corrected chi connectivity index (χ4v) is 3.84. The summed E-state index contributed by atoms with van der Waals surface area (Å²) in [5.41, 5.74) is 3.06. The number of pyridine rings is 1. The second kappa shape index (κ2) is 7.79. The van der Waals surface area contributed by atoms with E-state index in [2.05, 4.69) is 22.1 Å². The first-order valence-electron chi connectivity index (χ1n) is 8.94. The number of aromatic nitrogens is 2. The molecular formula is C21H21N3OS. The minimum absolute atomic E-state index is 0.148. The zero-order chi connectivity index (χ0) is 17.8. The molecule has 1 aliphatic rings. The van der Waals surface area contributed by atoms with Gasteiger partial charge in [0.2, 0.25) is 5.91 Å². The molecule has 1 aromatic carbocycles. The smallest absolute Gasteiger partial charge is 0.229 e. The van der Waals surface area contributed by atoms with Crippen molar-refractivity contribution in [2.45, 2.75) is 38.3 Å². The van der Waals surface area contributed by atoms with Crippen LogP contribution in [0.1, 0.15) is 34.8 Å². The van der Waals surface area contributed by atoms with Crippen molar-refractivity contribution < 1.29 is 4.79 Å². The van der Waals surface area contributed by atoms with Crippen LogP contribution in [0.5, 0.6) is 0 Å². The van der Waals surface area contributed by atoms with E-state index in [-0.39, 0.29) is 5.91 Å². The molecule has 26 heavy (non-hydrogen) atoms. The number of hydrogen-bond donors (Lipinski definition) is 0. The lowest BCUT2D eigenvalue weighted by molar-refractivity contribution is -0.131. The highest BCUT2D eigenvalue weighted by Gasteiger charge is 2.32. The van der Waals surface area contributed by atoms with Gasteiger partial charge in [-0.1, -0.05) is 36.4 Å². The summed E-state index contributed by atoms with van der Waals surface area (Å²) in [4.78, 5) is 23.8. The molecule has 2 heterocycles. The second-order valence-electron chi connectivity index (χ2n) is 6.65. The maximum Gasteiger partial charge on any atom is 0.229 e. The van der Waals surface area contributed by atoms with Crippen molar-refractivity contribution in [1.29, 1.82) is 0 Å². The Hall–Kier alpha value is -2.53. The monoisotopic (exact) mass is 363 g/mol. The first kappa shape index (κ1) is 16.9. The lowest BCUT2D eigenvalue weighted by atomic mass is 10.2. The molecule has 1 amide bonds. The van der Waals surface area contributed by atoms with Crippen molar-refractivity contribution in [3.05, 3.63) is 82.1 Å². The van der Waals surface area contributed by atoms with E-state index >= 15 is 0 Å². The van der Waals surface area contributed by atoms with Gasteiger partial charge in [-0.3, -0.25) is 9.78 Å². The molecule has 0 spiro atoms. The summed E-state index contributed by atoms with van der Waals surface area (Å²) in [5, 5.41) is 3.07. The summed E-state index contributed by atoms with van der Waals surface area (Å²) in [6, 6.07) is 16.5. The standard InChI is InChI=1S/C21H21N3OS/c25-21(24(19-9-10-19)14-17-8-4-5-11-22-17)13-18-15-26-20(23-18)12-16-6-2-1-3-7-16/h1-8,11,15,19H,9-10,12-14H2. The van der Waals surface area contributed by atoms with Crippen molar-refractivity contribution in [2.24, 2.45) is 0 Å². The van der Waals surface area contributed by atoms with Crippen molar-refractivity contribution in [1.82, 2.24) is 14.9 Å². The number of carbonyl (C=O) groups is 1. The number of carbonyl (C=O) groups excluding carboxylic acids is 1. The summed E-state index contributed by atoms with van der Waals surface area (Å²) in [6.07, 6.45) is 5.15. The quantitative estimate of drug-likeness (QED) is 0.640. The third kappa shape index (κ3) is 4.35. The minimum Gasteiger partial charge on any atom is -0.333 e. The van der Waals surface area contributed by atoms with Gasteiger partial charge in [0.15, 0.2) is 0 Å². The van der Waals surface area contributed by atoms with E-state index in [1.807, 2.05) is 46.7 Å². The van der Waals surface area contributed by atoms with Crippen LogP contribution in [0.3, 0.4) is 0 Å². The Morgan fingerprint density at radius 2 is 1.88 bits per heavy atom. The van der Waals surface area contributed by atoms with Crippen LogP contribution in [0.15, 0.2) is 60.1 Å². The van der Waals surface area contributed by atoms with Gasteiger partial charge in [-0.25, -0.2) is 4.98 Å². The maximum absolute atomic E-state index is 12.8. The molecular weight excluding hydrogens is 342 g/mol. The molecule has 0 radical (unpaired) electrons. The third-order valence-electron chi connectivity index (χ3n) is 4.50. The van der Waals surface area contributed by atoms with Crippen LogP contribution in [0.25, 0.3) is 0 Å². The average molecular weight is 363 g/mol. The summed E-state index contributed by atoms with van der Waals surface area (Å²) >= 11 is 1.63. The fourth-order valence-electron chi connectivity index (χ4n) is 3.01. The van der Waals surface area contributed by atoms with Gasteiger partial charge in [-0.05, 0) is 30.5 Å². The molecule has 0 aliphatic heterocycles. The first-order valence-corrected chi connectivity index (χ1v) is 9.82. The van der Waals surface area contributed by atoms with Crippen molar-refractivity contribution in [3.63, 3.8) is 0 Å². The van der Waals surface area contributed by atoms with E-state index in [0.717, 1.165) is 35.7 Å². The van der Waals surface area contributed by atoms with Gasteiger partial charge >= 0.3 is 0 Å². The van der Waals surface area contributed by atoms with E-state index in [4.69, 9.17) is 0 Å². The number of hydrogen-bond acceptors (Lipinski definition) is 4. The zero-order valence-corrected chi connectivity index (χ0v) is 15.4. The molecule has 0 saturated heterocycles. The van der Waals surface area contributed by atoms with Gasteiger partial charge < -0.3 is 4.90 Å². The molecule has 0 atom stereocenters. The van der Waals surface area contributed by atoms with Crippen LogP contribution < -0.4 is 0 Å². The van der Waals surface area contributed by atoms with E-state index in [0.29, 0.717) is 19.0 Å². The van der Waals surface area contributed by atoms with Crippen LogP contribution in [-0.4, -0.2) is 26.8 Å². The summed E-state index contributed by atoms with van der Waals surface area (Å²) < 4.78 is 0. The number of amides is 1. The lowest BCUT2D eigenvalue weighted by Crippen LogP contribution is -2.34. The second-order valence-corrected chi connectivity index (χ2v) is 7.59. The average Bonchev–Trinajstić information content (AvgIpc) is 3.42. The van der Waals surface area contributed by atoms with Gasteiger partial charge in [0, 0.05) is 24.0 Å². The van der Waals surface area contributed by atoms with Gasteiger partial charge in [-0.2, -0.15) is 0 Å². The van der Waals surface area contributed by atoms with Gasteiger partial charge in [0.25, 0.3) is 0 Å². The van der Waals surface area contributed by atoms with Crippen LogP contribution in [0.2, 0.25) is 0 Å². The number of benzene rings is 1. The molecule has 3 aromatic rings. The minimum atomic E-state index is 0.148. The van der Waals surface area contributed by atoms with Crippen LogP contribution >= 0.6 is 11.3 Å². The molecule has 5 heteroatoms. The molecule has 132 valence electrons. The van der Waals surface area contributed by atoms with Crippen LogP contribution in [-0.2, 0) is 24.2 Å². The van der Waals surface area contributed by atoms with Crippen LogP contribution in [0.4, 0.5) is 0 Å². The predicted molar refractivity (Wildman–Crippen MR) is 103 cm³/mol. The lowest BCUT2D eigenvalue weighted by Gasteiger charge is -2.21. The highest BCUT2D eigenvalue weighted by molar-refractivity contribution is 7.09. The summed E-state index contributed by atoms with van der Waals surface area (Å²) in [7, 11) is 0.